The van der Waals surface area contributed by atoms with Crippen molar-refractivity contribution < 1.29 is 5.11 Å². The first-order chi connectivity index (χ1) is 4.22. The molecule has 0 fully saturated rings. The first-order valence-corrected chi connectivity index (χ1v) is 3.23. The first-order valence-electron chi connectivity index (χ1n) is 3.23. The number of aliphatic hydroxyl groups is 1. The van der Waals surface area contributed by atoms with Gasteiger partial charge in [-0.05, 0) is 13.3 Å². The Bertz CT molecular complexity index is 85.1. The van der Waals surface area contributed by atoms with Crippen molar-refractivity contribution in [3.05, 3.63) is 4.91 Å². The molecular formula is C6H13NO2. The zero-order valence-corrected chi connectivity index (χ0v) is 5.87. The van der Waals surface area contributed by atoms with Crippen LogP contribution in [0, 0.1) is 4.91 Å². The molecule has 0 rings (SSSR count). The Kier molecular flexibility index (Phi) is 4.22. The molecule has 1 unspecified atom stereocenters. The van der Waals surface area contributed by atoms with Gasteiger partial charge in [0.2, 0.25) is 0 Å². The summed E-state index contributed by atoms with van der Waals surface area (Å²) in [5.41, 5.74) is 0. The first kappa shape index (κ1) is 8.56. The number of hydrogen-bond acceptors (Lipinski definition) is 3. The SMILES string of the molecule is CCCC(O)[C@@H](C)N=O. The average molecular weight is 131 g/mol. The maximum absolute atomic E-state index is 9.81. The summed E-state index contributed by atoms with van der Waals surface area (Å²) >= 11 is 0. The summed E-state index contributed by atoms with van der Waals surface area (Å²) < 4.78 is 0. The topological polar surface area (TPSA) is 49.7 Å². The van der Waals surface area contributed by atoms with Crippen molar-refractivity contribution in [2.75, 3.05) is 0 Å². The molecule has 54 valence electrons. The number of nitrogens with zero attached hydrogens (tertiary/aromatic N) is 1. The minimum Gasteiger partial charge on any atom is -0.391 e. The minimum atomic E-state index is -0.549. The highest BCUT2D eigenvalue weighted by molar-refractivity contribution is 4.68. The third-order valence-corrected chi connectivity index (χ3v) is 1.31. The molecule has 0 radical (unpaired) electrons. The number of nitroso groups, excluding NO2 is 1. The van der Waals surface area contributed by atoms with Gasteiger partial charge < -0.3 is 5.11 Å². The van der Waals surface area contributed by atoms with Crippen LogP contribution in [0.2, 0.25) is 0 Å². The molecule has 0 spiro atoms. The standard InChI is InChI=1S/C6H13NO2/c1-3-4-6(8)5(2)7-9/h5-6,8H,3-4H2,1-2H3/t5-,6?/m1/s1. The smallest absolute Gasteiger partial charge is 0.115 e. The van der Waals surface area contributed by atoms with Crippen molar-refractivity contribution in [2.24, 2.45) is 5.18 Å². The van der Waals surface area contributed by atoms with Gasteiger partial charge in [0.05, 0.1) is 6.10 Å². The highest BCUT2D eigenvalue weighted by Gasteiger charge is 2.11. The van der Waals surface area contributed by atoms with Gasteiger partial charge in [-0.2, -0.15) is 4.91 Å². The van der Waals surface area contributed by atoms with E-state index in [0.29, 0.717) is 6.42 Å². The van der Waals surface area contributed by atoms with E-state index < -0.39 is 12.1 Å². The largest absolute Gasteiger partial charge is 0.391 e. The van der Waals surface area contributed by atoms with Crippen molar-refractivity contribution in [3.63, 3.8) is 0 Å². The monoisotopic (exact) mass is 131 g/mol. The summed E-state index contributed by atoms with van der Waals surface area (Å²) in [7, 11) is 0. The maximum atomic E-state index is 9.81. The second kappa shape index (κ2) is 4.44. The van der Waals surface area contributed by atoms with Crippen LogP contribution in [0.4, 0.5) is 0 Å². The fraction of sp³-hybridized carbons (Fsp3) is 1.00. The van der Waals surface area contributed by atoms with E-state index in [1.165, 1.54) is 0 Å². The predicted molar refractivity (Wildman–Crippen MR) is 36.2 cm³/mol. The van der Waals surface area contributed by atoms with Crippen LogP contribution in [-0.4, -0.2) is 17.3 Å². The van der Waals surface area contributed by atoms with Gasteiger partial charge >= 0.3 is 0 Å². The van der Waals surface area contributed by atoms with Gasteiger partial charge in [0.15, 0.2) is 0 Å². The maximum Gasteiger partial charge on any atom is 0.115 e. The minimum absolute atomic E-state index is 0.454. The molecule has 0 bridgehead atoms. The number of hydrogen-bond donors (Lipinski definition) is 1. The summed E-state index contributed by atoms with van der Waals surface area (Å²) in [6, 6.07) is -0.454. The van der Waals surface area contributed by atoms with Crippen LogP contribution in [0.5, 0.6) is 0 Å². The Morgan fingerprint density at radius 2 is 2.22 bits per heavy atom. The van der Waals surface area contributed by atoms with Gasteiger partial charge in [0.25, 0.3) is 0 Å². The van der Waals surface area contributed by atoms with Gasteiger partial charge in [0, 0.05) is 0 Å². The van der Waals surface area contributed by atoms with E-state index in [1.54, 1.807) is 6.92 Å². The van der Waals surface area contributed by atoms with Crippen LogP contribution in [0.15, 0.2) is 5.18 Å². The lowest BCUT2D eigenvalue weighted by Crippen LogP contribution is -2.19. The third kappa shape index (κ3) is 3.19. The molecule has 1 N–H and O–H groups in total. The van der Waals surface area contributed by atoms with Gasteiger partial charge in [0.1, 0.15) is 6.04 Å². The van der Waals surface area contributed by atoms with Crippen molar-refractivity contribution in [2.45, 2.75) is 38.8 Å². The van der Waals surface area contributed by atoms with Crippen molar-refractivity contribution in [3.8, 4) is 0 Å². The molecule has 0 aromatic carbocycles. The van der Waals surface area contributed by atoms with Crippen LogP contribution >= 0.6 is 0 Å². The van der Waals surface area contributed by atoms with E-state index in [2.05, 4.69) is 5.18 Å². The van der Waals surface area contributed by atoms with Gasteiger partial charge in [-0.3, -0.25) is 0 Å². The Balaban J connectivity index is 3.44. The molecule has 0 saturated carbocycles. The second-order valence-corrected chi connectivity index (χ2v) is 2.20. The zero-order chi connectivity index (χ0) is 7.28. The highest BCUT2D eigenvalue weighted by Crippen LogP contribution is 2.03. The molecule has 3 nitrogen and oxygen atoms in total. The molecule has 9 heavy (non-hydrogen) atoms. The Morgan fingerprint density at radius 1 is 1.67 bits per heavy atom. The van der Waals surface area contributed by atoms with Crippen molar-refractivity contribution in [1.29, 1.82) is 0 Å². The van der Waals surface area contributed by atoms with E-state index in [9.17, 15) is 4.91 Å². The van der Waals surface area contributed by atoms with E-state index in [-0.39, 0.29) is 0 Å². The molecule has 0 aromatic rings. The molecule has 0 saturated heterocycles. The van der Waals surface area contributed by atoms with Crippen LogP contribution in [0.3, 0.4) is 0 Å². The highest BCUT2D eigenvalue weighted by atomic mass is 16.3. The molecule has 0 aromatic heterocycles. The van der Waals surface area contributed by atoms with E-state index in [0.717, 1.165) is 6.42 Å². The summed E-state index contributed by atoms with van der Waals surface area (Å²) in [5, 5.41) is 11.7. The molecule has 0 aliphatic carbocycles. The normalized spacial score (nSPS) is 16.8. The van der Waals surface area contributed by atoms with E-state index in [1.807, 2.05) is 6.92 Å². The van der Waals surface area contributed by atoms with Gasteiger partial charge in [-0.1, -0.05) is 18.5 Å². The molecule has 0 heterocycles. The lowest BCUT2D eigenvalue weighted by molar-refractivity contribution is 0.140. The number of rotatable bonds is 4. The lowest BCUT2D eigenvalue weighted by Gasteiger charge is -2.09. The Labute approximate surface area is 55.1 Å². The summed E-state index contributed by atoms with van der Waals surface area (Å²) in [4.78, 5) is 9.81. The van der Waals surface area contributed by atoms with Crippen LogP contribution in [0.1, 0.15) is 26.7 Å². The molecule has 0 amide bonds. The molecule has 0 aliphatic rings. The van der Waals surface area contributed by atoms with Crippen LogP contribution < -0.4 is 0 Å². The van der Waals surface area contributed by atoms with E-state index in [4.69, 9.17) is 5.11 Å². The second-order valence-electron chi connectivity index (χ2n) is 2.20. The predicted octanol–water partition coefficient (Wildman–Crippen LogP) is 1.30. The van der Waals surface area contributed by atoms with Gasteiger partial charge in [-0.25, -0.2) is 0 Å². The van der Waals surface area contributed by atoms with Crippen LogP contribution in [0.25, 0.3) is 0 Å². The van der Waals surface area contributed by atoms with Crippen molar-refractivity contribution >= 4 is 0 Å². The summed E-state index contributed by atoms with van der Waals surface area (Å²) in [6.45, 7) is 3.58. The van der Waals surface area contributed by atoms with Crippen molar-refractivity contribution in [1.82, 2.24) is 0 Å². The summed E-state index contributed by atoms with van der Waals surface area (Å²) in [6.07, 6.45) is 1.00. The fourth-order valence-corrected chi connectivity index (χ4v) is 0.607. The molecule has 0 aliphatic heterocycles. The quantitative estimate of drug-likeness (QED) is 0.584. The Hall–Kier alpha value is -0.440. The molecular weight excluding hydrogens is 118 g/mol. The fourth-order valence-electron chi connectivity index (χ4n) is 0.607. The lowest BCUT2D eigenvalue weighted by atomic mass is 10.1. The molecule has 2 atom stereocenters. The third-order valence-electron chi connectivity index (χ3n) is 1.31. The zero-order valence-electron chi connectivity index (χ0n) is 5.87. The molecule has 3 heteroatoms. The van der Waals surface area contributed by atoms with Gasteiger partial charge in [-0.15, -0.1) is 0 Å². The number of aliphatic hydroxyl groups excluding tert-OH is 1. The average Bonchev–Trinajstić information content (AvgIpc) is 1.87. The van der Waals surface area contributed by atoms with Crippen LogP contribution in [-0.2, 0) is 0 Å². The Morgan fingerprint density at radius 3 is 2.56 bits per heavy atom. The summed E-state index contributed by atoms with van der Waals surface area (Å²) in [5.74, 6) is 0. The van der Waals surface area contributed by atoms with E-state index >= 15 is 0 Å².